The van der Waals surface area contributed by atoms with Gasteiger partial charge in [-0.3, -0.25) is 9.78 Å². The first-order chi connectivity index (χ1) is 17.4. The molecule has 3 N–H and O–H groups in total. The zero-order valence-corrected chi connectivity index (χ0v) is 20.4. The molecule has 0 saturated carbocycles. The van der Waals surface area contributed by atoms with Gasteiger partial charge < -0.3 is 15.4 Å². The fourth-order valence-corrected chi connectivity index (χ4v) is 5.26. The molecule has 1 aliphatic heterocycles. The molecule has 1 aliphatic rings. The van der Waals surface area contributed by atoms with Crippen LogP contribution < -0.4 is 15.2 Å². The highest BCUT2D eigenvalue weighted by Gasteiger charge is 2.22. The molecule has 3 aromatic carbocycles. The maximum atomic E-state index is 13.3. The van der Waals surface area contributed by atoms with E-state index in [0.29, 0.717) is 25.3 Å². The number of ether oxygens (including phenoxy) is 1. The monoisotopic (exact) mass is 502 g/mol. The topological polar surface area (TPSA) is 115 Å². The summed E-state index contributed by atoms with van der Waals surface area (Å²) in [7, 11) is -3.66. The molecule has 8 nitrogen and oxygen atoms in total. The maximum absolute atomic E-state index is 13.3. The molecular weight excluding hydrogens is 476 g/mol. The third kappa shape index (κ3) is 4.94. The van der Waals surface area contributed by atoms with E-state index in [9.17, 15) is 13.2 Å². The van der Waals surface area contributed by atoms with Crippen LogP contribution in [-0.2, 0) is 16.6 Å². The molecule has 0 atom stereocenters. The van der Waals surface area contributed by atoms with Gasteiger partial charge in [-0.25, -0.2) is 13.1 Å². The Bertz CT molecular complexity index is 1520. The fraction of sp³-hybridized carbons (Fsp3) is 0.185. The van der Waals surface area contributed by atoms with Crippen LogP contribution in [0.5, 0.6) is 5.75 Å². The molecule has 0 radical (unpaired) electrons. The van der Waals surface area contributed by atoms with Crippen LogP contribution in [0.4, 0.5) is 0 Å². The summed E-state index contributed by atoms with van der Waals surface area (Å²) in [5, 5.41) is 1.06. The van der Waals surface area contributed by atoms with Gasteiger partial charge in [-0.2, -0.15) is 0 Å². The lowest BCUT2D eigenvalue weighted by atomic mass is 10.0. The maximum Gasteiger partial charge on any atom is 0.254 e. The lowest BCUT2D eigenvalue weighted by Gasteiger charge is -2.20. The van der Waals surface area contributed by atoms with Gasteiger partial charge in [0.1, 0.15) is 12.4 Å². The molecule has 36 heavy (non-hydrogen) atoms. The normalized spacial score (nSPS) is 13.6. The Morgan fingerprint density at radius 2 is 1.83 bits per heavy atom. The predicted molar refractivity (Wildman–Crippen MR) is 138 cm³/mol. The highest BCUT2D eigenvalue weighted by Crippen LogP contribution is 2.30. The number of benzene rings is 3. The molecule has 5 rings (SSSR count). The van der Waals surface area contributed by atoms with Crippen LogP contribution >= 0.6 is 0 Å². The van der Waals surface area contributed by atoms with Crippen LogP contribution in [0.1, 0.15) is 15.9 Å². The number of rotatable bonds is 6. The quantitative estimate of drug-likeness (QED) is 0.419. The Hall–Kier alpha value is -3.79. The number of nitrogens with one attached hydrogen (secondary N) is 1. The first-order valence-electron chi connectivity index (χ1n) is 11.6. The largest absolute Gasteiger partial charge is 0.491 e. The van der Waals surface area contributed by atoms with Crippen LogP contribution in [0, 0.1) is 0 Å². The summed E-state index contributed by atoms with van der Waals surface area (Å²) in [4.78, 5) is 19.6. The van der Waals surface area contributed by atoms with Gasteiger partial charge >= 0.3 is 0 Å². The smallest absolute Gasteiger partial charge is 0.254 e. The Labute approximate surface area is 209 Å². The second kappa shape index (κ2) is 10.1. The van der Waals surface area contributed by atoms with E-state index < -0.39 is 10.0 Å². The number of para-hydroxylation sites is 1. The summed E-state index contributed by atoms with van der Waals surface area (Å²) in [6.45, 7) is 1.51. The van der Waals surface area contributed by atoms with Crippen molar-refractivity contribution < 1.29 is 17.9 Å². The van der Waals surface area contributed by atoms with Crippen molar-refractivity contribution in [1.29, 1.82) is 0 Å². The number of hydrogen-bond donors (Lipinski definition) is 2. The molecule has 0 unspecified atom stereocenters. The summed E-state index contributed by atoms with van der Waals surface area (Å²) < 4.78 is 32.9. The van der Waals surface area contributed by atoms with Crippen molar-refractivity contribution in [3.63, 3.8) is 0 Å². The average Bonchev–Trinajstić information content (AvgIpc) is 3.13. The van der Waals surface area contributed by atoms with Crippen molar-refractivity contribution in [2.24, 2.45) is 5.73 Å². The summed E-state index contributed by atoms with van der Waals surface area (Å²) in [5.41, 5.74) is 9.60. The molecule has 4 aromatic rings. The number of aromatic nitrogens is 1. The third-order valence-corrected chi connectivity index (χ3v) is 7.58. The van der Waals surface area contributed by atoms with Crippen molar-refractivity contribution in [3.8, 4) is 16.9 Å². The van der Waals surface area contributed by atoms with E-state index in [0.717, 1.165) is 33.3 Å². The second-order valence-corrected chi connectivity index (χ2v) is 10.3. The predicted octanol–water partition coefficient (Wildman–Crippen LogP) is 3.17. The molecule has 0 saturated heterocycles. The molecule has 1 amide bonds. The number of carbonyl (C=O) groups excluding carboxylic acids is 1. The van der Waals surface area contributed by atoms with Gasteiger partial charge in [0.25, 0.3) is 5.91 Å². The van der Waals surface area contributed by atoms with Crippen molar-refractivity contribution in [1.82, 2.24) is 14.6 Å². The first kappa shape index (κ1) is 23.9. The van der Waals surface area contributed by atoms with Gasteiger partial charge in [-0.05, 0) is 54.1 Å². The Balaban J connectivity index is 1.38. The Kier molecular flexibility index (Phi) is 6.69. The molecule has 0 aliphatic carbocycles. The number of hydrogen-bond acceptors (Lipinski definition) is 6. The minimum absolute atomic E-state index is 0.0886. The average molecular weight is 503 g/mol. The lowest BCUT2D eigenvalue weighted by Crippen LogP contribution is -2.32. The van der Waals surface area contributed by atoms with Gasteiger partial charge in [-0.1, -0.05) is 24.3 Å². The second-order valence-electron chi connectivity index (χ2n) is 8.53. The summed E-state index contributed by atoms with van der Waals surface area (Å²) in [6.07, 6.45) is 1.85. The van der Waals surface area contributed by atoms with Crippen LogP contribution in [0.3, 0.4) is 0 Å². The summed E-state index contributed by atoms with van der Waals surface area (Å²) in [5.74, 6) is 0.554. The number of nitrogens with zero attached hydrogens (tertiary/aromatic N) is 2. The third-order valence-electron chi connectivity index (χ3n) is 6.10. The zero-order valence-electron chi connectivity index (χ0n) is 19.6. The molecule has 1 aromatic heterocycles. The van der Waals surface area contributed by atoms with Gasteiger partial charge in [0, 0.05) is 47.9 Å². The number of fused-ring (bicyclic) bond motifs is 2. The highest BCUT2D eigenvalue weighted by atomic mass is 32.2. The molecule has 184 valence electrons. The van der Waals surface area contributed by atoms with Crippen LogP contribution in [0.2, 0.25) is 0 Å². The van der Waals surface area contributed by atoms with Gasteiger partial charge in [0.15, 0.2) is 0 Å². The van der Waals surface area contributed by atoms with E-state index in [2.05, 4.69) is 15.8 Å². The SMILES string of the molecule is NCCNS(=O)(=O)c1ccc(C(=O)N2CCOc3ccc(-c4cnc5ccccc5c4)cc3C2)cc1. The van der Waals surface area contributed by atoms with E-state index in [1.54, 1.807) is 4.90 Å². The molecule has 9 heteroatoms. The van der Waals surface area contributed by atoms with Gasteiger partial charge in [-0.15, -0.1) is 0 Å². The number of nitrogens with two attached hydrogens (primary N) is 1. The first-order valence-corrected chi connectivity index (χ1v) is 13.1. The Morgan fingerprint density at radius 1 is 1.03 bits per heavy atom. The van der Waals surface area contributed by atoms with E-state index in [1.807, 2.05) is 48.7 Å². The van der Waals surface area contributed by atoms with Crippen molar-refractivity contribution in [2.75, 3.05) is 26.2 Å². The van der Waals surface area contributed by atoms with Gasteiger partial charge in [0.2, 0.25) is 10.0 Å². The fourth-order valence-electron chi connectivity index (χ4n) is 4.21. The molecule has 2 heterocycles. The number of amides is 1. The minimum Gasteiger partial charge on any atom is -0.491 e. The van der Waals surface area contributed by atoms with Crippen molar-refractivity contribution >= 4 is 26.8 Å². The van der Waals surface area contributed by atoms with Crippen molar-refractivity contribution in [3.05, 3.63) is 90.1 Å². The number of pyridine rings is 1. The summed E-state index contributed by atoms with van der Waals surface area (Å²) in [6, 6.07) is 21.9. The van der Waals surface area contributed by atoms with E-state index in [1.165, 1.54) is 24.3 Å². The van der Waals surface area contributed by atoms with Crippen LogP contribution in [-0.4, -0.2) is 50.5 Å². The molecule has 0 fully saturated rings. The van der Waals surface area contributed by atoms with Crippen LogP contribution in [0.25, 0.3) is 22.0 Å². The highest BCUT2D eigenvalue weighted by molar-refractivity contribution is 7.89. The van der Waals surface area contributed by atoms with E-state index in [4.69, 9.17) is 10.5 Å². The van der Waals surface area contributed by atoms with Crippen molar-refractivity contribution in [2.45, 2.75) is 11.4 Å². The molecule has 0 bridgehead atoms. The van der Waals surface area contributed by atoms with Gasteiger partial charge in [0.05, 0.1) is 17.0 Å². The van der Waals surface area contributed by atoms with Crippen LogP contribution in [0.15, 0.2) is 83.9 Å². The van der Waals surface area contributed by atoms with E-state index >= 15 is 0 Å². The molecular formula is C27H26N4O4S. The molecule has 0 spiro atoms. The Morgan fingerprint density at radius 3 is 2.64 bits per heavy atom. The standard InChI is InChI=1S/C27H26N4O4S/c28-11-12-30-36(33,34)24-8-5-19(6-9-24)27(32)31-13-14-35-26-10-7-20(15-23(26)18-31)22-16-21-3-1-2-4-25(21)29-17-22/h1-10,15-17,30H,11-14,18,28H2. The van der Waals surface area contributed by atoms with E-state index in [-0.39, 0.29) is 23.9 Å². The lowest BCUT2D eigenvalue weighted by molar-refractivity contribution is 0.0733. The number of carbonyl (C=O) groups is 1. The summed E-state index contributed by atoms with van der Waals surface area (Å²) >= 11 is 0. The number of sulfonamides is 1. The minimum atomic E-state index is -3.66. The zero-order chi connectivity index (χ0) is 25.1.